The van der Waals surface area contributed by atoms with Crippen molar-refractivity contribution >= 4 is 5.91 Å². The first-order valence-corrected chi connectivity index (χ1v) is 10.2. The number of ether oxygens (including phenoxy) is 2. The molecule has 0 radical (unpaired) electrons. The van der Waals surface area contributed by atoms with Crippen LogP contribution in [0.25, 0.3) is 0 Å². The fourth-order valence-electron chi connectivity index (χ4n) is 4.16. The van der Waals surface area contributed by atoms with Crippen molar-refractivity contribution in [1.82, 2.24) is 25.0 Å². The molecule has 0 unspecified atom stereocenters. The zero-order valence-electron chi connectivity index (χ0n) is 16.7. The highest BCUT2D eigenvalue weighted by Gasteiger charge is 2.41. The van der Waals surface area contributed by atoms with Crippen molar-refractivity contribution in [3.05, 3.63) is 36.0 Å². The molecular formula is C20H27N5O4. The largest absolute Gasteiger partial charge is 0.385 e. The number of aromatic nitrogens is 4. The number of carbonyl (C=O) groups is 1. The SMILES string of the molecule is COCCC1(c2noc(C3CCOCC3)n2)CCN(C(=O)c2ccncn2)CC1. The topological polar surface area (TPSA) is 103 Å². The molecule has 1 amide bonds. The van der Waals surface area contributed by atoms with Gasteiger partial charge in [-0.3, -0.25) is 4.79 Å². The molecule has 2 saturated heterocycles. The summed E-state index contributed by atoms with van der Waals surface area (Å²) in [5, 5.41) is 4.36. The molecule has 9 nitrogen and oxygen atoms in total. The lowest BCUT2D eigenvalue weighted by Crippen LogP contribution is -2.46. The predicted molar refractivity (Wildman–Crippen MR) is 102 cm³/mol. The number of amides is 1. The van der Waals surface area contributed by atoms with Gasteiger partial charge in [-0.25, -0.2) is 9.97 Å². The summed E-state index contributed by atoms with van der Waals surface area (Å²) >= 11 is 0. The molecule has 0 bridgehead atoms. The Morgan fingerprint density at radius 1 is 1.31 bits per heavy atom. The van der Waals surface area contributed by atoms with Gasteiger partial charge in [0.05, 0.1) is 0 Å². The summed E-state index contributed by atoms with van der Waals surface area (Å²) in [7, 11) is 1.70. The van der Waals surface area contributed by atoms with Crippen LogP contribution in [0.3, 0.4) is 0 Å². The normalized spacial score (nSPS) is 20.0. The van der Waals surface area contributed by atoms with Crippen molar-refractivity contribution in [2.75, 3.05) is 40.0 Å². The van der Waals surface area contributed by atoms with Crippen LogP contribution < -0.4 is 0 Å². The number of hydrogen-bond acceptors (Lipinski definition) is 8. The molecule has 29 heavy (non-hydrogen) atoms. The quantitative estimate of drug-likeness (QED) is 0.724. The Morgan fingerprint density at radius 2 is 2.10 bits per heavy atom. The molecule has 2 fully saturated rings. The Labute approximate surface area is 169 Å². The van der Waals surface area contributed by atoms with Gasteiger partial charge in [0.15, 0.2) is 5.82 Å². The number of nitrogens with zero attached hydrogens (tertiary/aromatic N) is 5. The third kappa shape index (κ3) is 4.30. The highest BCUT2D eigenvalue weighted by Crippen LogP contribution is 2.38. The van der Waals surface area contributed by atoms with Crippen LogP contribution in [-0.2, 0) is 14.9 Å². The molecule has 156 valence electrons. The van der Waals surface area contributed by atoms with Crippen LogP contribution in [0.2, 0.25) is 0 Å². The third-order valence-corrected chi connectivity index (χ3v) is 6.08. The molecular weight excluding hydrogens is 374 g/mol. The van der Waals surface area contributed by atoms with Crippen molar-refractivity contribution in [3.63, 3.8) is 0 Å². The Kier molecular flexibility index (Phi) is 6.15. The van der Waals surface area contributed by atoms with Gasteiger partial charge in [-0.05, 0) is 38.2 Å². The van der Waals surface area contributed by atoms with E-state index in [2.05, 4.69) is 15.1 Å². The van der Waals surface area contributed by atoms with Crippen LogP contribution in [0.15, 0.2) is 23.1 Å². The molecule has 2 aliphatic heterocycles. The zero-order valence-corrected chi connectivity index (χ0v) is 16.7. The molecule has 4 heterocycles. The molecule has 0 aliphatic carbocycles. The van der Waals surface area contributed by atoms with E-state index in [9.17, 15) is 4.79 Å². The molecule has 0 spiro atoms. The monoisotopic (exact) mass is 401 g/mol. The lowest BCUT2D eigenvalue weighted by atomic mass is 9.75. The molecule has 0 atom stereocenters. The minimum Gasteiger partial charge on any atom is -0.385 e. The second kappa shape index (κ2) is 8.96. The van der Waals surface area contributed by atoms with Crippen molar-refractivity contribution in [1.29, 1.82) is 0 Å². The van der Waals surface area contributed by atoms with E-state index in [1.165, 1.54) is 6.33 Å². The van der Waals surface area contributed by atoms with Gasteiger partial charge in [0.1, 0.15) is 12.0 Å². The zero-order chi connectivity index (χ0) is 20.1. The molecule has 9 heteroatoms. The van der Waals surface area contributed by atoms with E-state index in [0.29, 0.717) is 31.3 Å². The molecule has 0 aromatic carbocycles. The van der Waals surface area contributed by atoms with Crippen LogP contribution >= 0.6 is 0 Å². The van der Waals surface area contributed by atoms with Crippen molar-refractivity contribution in [2.24, 2.45) is 0 Å². The Bertz CT molecular complexity index is 798. The summed E-state index contributed by atoms with van der Waals surface area (Å²) in [4.78, 5) is 27.3. The summed E-state index contributed by atoms with van der Waals surface area (Å²) in [6, 6.07) is 1.65. The van der Waals surface area contributed by atoms with E-state index >= 15 is 0 Å². The summed E-state index contributed by atoms with van der Waals surface area (Å²) in [6.07, 6.45) is 7.13. The van der Waals surface area contributed by atoms with Gasteiger partial charge in [-0.15, -0.1) is 0 Å². The van der Waals surface area contributed by atoms with E-state index in [-0.39, 0.29) is 17.2 Å². The lowest BCUT2D eigenvalue weighted by molar-refractivity contribution is 0.0610. The summed E-state index contributed by atoms with van der Waals surface area (Å²) < 4.78 is 16.4. The summed E-state index contributed by atoms with van der Waals surface area (Å²) in [5.41, 5.74) is 0.177. The number of hydrogen-bond donors (Lipinski definition) is 0. The van der Waals surface area contributed by atoms with Gasteiger partial charge in [0, 0.05) is 57.5 Å². The van der Waals surface area contributed by atoms with Gasteiger partial charge >= 0.3 is 0 Å². The average molecular weight is 401 g/mol. The average Bonchev–Trinajstić information content (AvgIpc) is 3.30. The van der Waals surface area contributed by atoms with Crippen LogP contribution in [-0.4, -0.2) is 70.9 Å². The van der Waals surface area contributed by atoms with Crippen LogP contribution in [0.1, 0.15) is 60.2 Å². The Morgan fingerprint density at radius 3 is 2.79 bits per heavy atom. The standard InChI is InChI=1S/C20H27N5O4/c1-27-13-7-20(19-23-17(29-24-19)15-3-11-28-12-4-15)5-9-25(10-6-20)18(26)16-2-8-21-14-22-16/h2,8,14-15H,3-7,9-13H2,1H3. The summed E-state index contributed by atoms with van der Waals surface area (Å²) in [5.74, 6) is 1.65. The number of methoxy groups -OCH3 is 1. The number of likely N-dealkylation sites (tertiary alicyclic amines) is 1. The van der Waals surface area contributed by atoms with E-state index in [4.69, 9.17) is 19.0 Å². The second-order valence-corrected chi connectivity index (χ2v) is 7.75. The Hall–Kier alpha value is -2.39. The second-order valence-electron chi connectivity index (χ2n) is 7.75. The van der Waals surface area contributed by atoms with E-state index in [1.54, 1.807) is 19.4 Å². The summed E-state index contributed by atoms with van der Waals surface area (Å²) in [6.45, 7) is 3.32. The maximum atomic E-state index is 12.7. The van der Waals surface area contributed by atoms with E-state index in [0.717, 1.165) is 51.1 Å². The molecule has 2 aliphatic rings. The van der Waals surface area contributed by atoms with Gasteiger partial charge in [-0.2, -0.15) is 4.98 Å². The third-order valence-electron chi connectivity index (χ3n) is 6.08. The van der Waals surface area contributed by atoms with E-state index in [1.807, 2.05) is 4.90 Å². The molecule has 0 N–H and O–H groups in total. The van der Waals surface area contributed by atoms with Gasteiger partial charge in [0.25, 0.3) is 5.91 Å². The first-order chi connectivity index (χ1) is 14.2. The Balaban J connectivity index is 1.48. The first-order valence-electron chi connectivity index (χ1n) is 10.2. The van der Waals surface area contributed by atoms with Crippen molar-refractivity contribution < 1.29 is 18.8 Å². The molecule has 2 aromatic heterocycles. The fourth-order valence-corrected chi connectivity index (χ4v) is 4.16. The molecule has 2 aromatic rings. The van der Waals surface area contributed by atoms with Gasteiger partial charge in [-0.1, -0.05) is 5.16 Å². The highest BCUT2D eigenvalue weighted by molar-refractivity contribution is 5.92. The number of rotatable bonds is 6. The lowest BCUT2D eigenvalue weighted by Gasteiger charge is -2.39. The molecule has 4 rings (SSSR count). The van der Waals surface area contributed by atoms with Crippen molar-refractivity contribution in [2.45, 2.75) is 43.4 Å². The maximum Gasteiger partial charge on any atom is 0.272 e. The van der Waals surface area contributed by atoms with Gasteiger partial charge in [0.2, 0.25) is 5.89 Å². The van der Waals surface area contributed by atoms with Crippen LogP contribution in [0.5, 0.6) is 0 Å². The van der Waals surface area contributed by atoms with Crippen LogP contribution in [0, 0.1) is 0 Å². The number of carbonyl (C=O) groups excluding carboxylic acids is 1. The maximum absolute atomic E-state index is 12.7. The molecule has 0 saturated carbocycles. The van der Waals surface area contributed by atoms with Crippen molar-refractivity contribution in [3.8, 4) is 0 Å². The van der Waals surface area contributed by atoms with E-state index < -0.39 is 0 Å². The fraction of sp³-hybridized carbons (Fsp3) is 0.650. The predicted octanol–water partition coefficient (Wildman–Crippen LogP) is 1.96. The minimum atomic E-state index is -0.245. The van der Waals surface area contributed by atoms with Gasteiger partial charge < -0.3 is 18.9 Å². The van der Waals surface area contributed by atoms with Crippen LogP contribution in [0.4, 0.5) is 0 Å². The number of piperidine rings is 1. The smallest absolute Gasteiger partial charge is 0.272 e. The minimum absolute atomic E-state index is 0.0660. The highest BCUT2D eigenvalue weighted by atomic mass is 16.5. The first kappa shape index (κ1) is 19.9.